The van der Waals surface area contributed by atoms with Crippen molar-refractivity contribution in [1.29, 1.82) is 0 Å². The van der Waals surface area contributed by atoms with Crippen LogP contribution in [0.25, 0.3) is 10.6 Å². The summed E-state index contributed by atoms with van der Waals surface area (Å²) in [5.41, 5.74) is 3.00. The van der Waals surface area contributed by atoms with Crippen LogP contribution in [-0.4, -0.2) is 18.0 Å². The van der Waals surface area contributed by atoms with E-state index in [0.717, 1.165) is 27.4 Å². The fourth-order valence-electron chi connectivity index (χ4n) is 2.52. The maximum absolute atomic E-state index is 12.3. The summed E-state index contributed by atoms with van der Waals surface area (Å²) < 4.78 is 5.29. The van der Waals surface area contributed by atoms with Crippen molar-refractivity contribution < 1.29 is 9.53 Å². The zero-order chi connectivity index (χ0) is 16.8. The standard InChI is InChI=1S/C19H18N2O2S/c1-23-17-9-5-3-6-14(17)12-18(22)21-13-15-7-2-4-8-16(15)19-20-10-11-24-19/h2-11H,12-13H2,1H3,(H,21,22). The molecule has 1 amide bonds. The Balaban J connectivity index is 1.67. The number of aromatic nitrogens is 1. The second-order valence-electron chi connectivity index (χ2n) is 5.26. The topological polar surface area (TPSA) is 51.2 Å². The van der Waals surface area contributed by atoms with E-state index in [0.29, 0.717) is 13.0 Å². The van der Waals surface area contributed by atoms with Crippen LogP contribution in [0.4, 0.5) is 0 Å². The van der Waals surface area contributed by atoms with Gasteiger partial charge in [-0.2, -0.15) is 0 Å². The van der Waals surface area contributed by atoms with E-state index < -0.39 is 0 Å². The molecule has 0 radical (unpaired) electrons. The second-order valence-corrected chi connectivity index (χ2v) is 6.15. The highest BCUT2D eigenvalue weighted by Crippen LogP contribution is 2.25. The number of benzene rings is 2. The van der Waals surface area contributed by atoms with Crippen LogP contribution < -0.4 is 10.1 Å². The van der Waals surface area contributed by atoms with Gasteiger partial charge in [0.05, 0.1) is 13.5 Å². The van der Waals surface area contributed by atoms with E-state index in [1.165, 1.54) is 0 Å². The fourth-order valence-corrected chi connectivity index (χ4v) is 3.22. The summed E-state index contributed by atoms with van der Waals surface area (Å²) in [6.45, 7) is 0.476. The number of rotatable bonds is 6. The van der Waals surface area contributed by atoms with Gasteiger partial charge in [-0.25, -0.2) is 4.98 Å². The molecule has 3 rings (SSSR count). The van der Waals surface area contributed by atoms with Crippen LogP contribution in [0.5, 0.6) is 5.75 Å². The van der Waals surface area contributed by atoms with Gasteiger partial charge in [0.15, 0.2) is 0 Å². The highest BCUT2D eigenvalue weighted by Gasteiger charge is 2.10. The van der Waals surface area contributed by atoms with Gasteiger partial charge < -0.3 is 10.1 Å². The molecular formula is C19H18N2O2S. The molecule has 0 fully saturated rings. The van der Waals surface area contributed by atoms with Gasteiger partial charge in [0.25, 0.3) is 0 Å². The van der Waals surface area contributed by atoms with Gasteiger partial charge in [-0.3, -0.25) is 4.79 Å². The zero-order valence-electron chi connectivity index (χ0n) is 13.4. The van der Waals surface area contributed by atoms with Crippen molar-refractivity contribution in [2.75, 3.05) is 7.11 Å². The number of hydrogen-bond acceptors (Lipinski definition) is 4. The van der Waals surface area contributed by atoms with Crippen molar-refractivity contribution >= 4 is 17.2 Å². The van der Waals surface area contributed by atoms with Gasteiger partial charge in [-0.05, 0) is 11.6 Å². The minimum absolute atomic E-state index is 0.0339. The van der Waals surface area contributed by atoms with E-state index >= 15 is 0 Å². The minimum Gasteiger partial charge on any atom is -0.496 e. The Kier molecular flexibility index (Phi) is 5.23. The summed E-state index contributed by atoms with van der Waals surface area (Å²) in [6, 6.07) is 15.6. The lowest BCUT2D eigenvalue weighted by molar-refractivity contribution is -0.120. The molecule has 0 bridgehead atoms. The summed E-state index contributed by atoms with van der Waals surface area (Å²) >= 11 is 1.59. The van der Waals surface area contributed by atoms with Crippen LogP contribution in [0.1, 0.15) is 11.1 Å². The summed E-state index contributed by atoms with van der Waals surface area (Å²) in [6.07, 6.45) is 2.08. The third kappa shape index (κ3) is 3.81. The Morgan fingerprint density at radius 3 is 2.62 bits per heavy atom. The van der Waals surface area contributed by atoms with E-state index in [2.05, 4.69) is 10.3 Å². The van der Waals surface area contributed by atoms with E-state index in [1.807, 2.05) is 53.9 Å². The van der Waals surface area contributed by atoms with Crippen LogP contribution in [0.15, 0.2) is 60.1 Å². The average molecular weight is 338 g/mol. The summed E-state index contributed by atoms with van der Waals surface area (Å²) in [7, 11) is 1.61. The van der Waals surface area contributed by atoms with Crippen LogP contribution in [0, 0.1) is 0 Å². The van der Waals surface area contributed by atoms with Gasteiger partial charge >= 0.3 is 0 Å². The highest BCUT2D eigenvalue weighted by molar-refractivity contribution is 7.13. The van der Waals surface area contributed by atoms with Crippen molar-refractivity contribution in [2.45, 2.75) is 13.0 Å². The normalized spacial score (nSPS) is 10.4. The largest absolute Gasteiger partial charge is 0.496 e. The molecule has 1 aromatic heterocycles. The van der Waals surface area contributed by atoms with Crippen molar-refractivity contribution in [3.8, 4) is 16.3 Å². The molecule has 4 nitrogen and oxygen atoms in total. The van der Waals surface area contributed by atoms with Crippen molar-refractivity contribution in [3.63, 3.8) is 0 Å². The first-order valence-electron chi connectivity index (χ1n) is 7.64. The Hall–Kier alpha value is -2.66. The fraction of sp³-hybridized carbons (Fsp3) is 0.158. The number of nitrogens with one attached hydrogen (secondary N) is 1. The monoisotopic (exact) mass is 338 g/mol. The number of methoxy groups -OCH3 is 1. The number of nitrogens with zero attached hydrogens (tertiary/aromatic N) is 1. The molecule has 5 heteroatoms. The Morgan fingerprint density at radius 1 is 1.12 bits per heavy atom. The van der Waals surface area contributed by atoms with Gasteiger partial charge in [0.2, 0.25) is 5.91 Å². The van der Waals surface area contributed by atoms with Crippen molar-refractivity contribution in [3.05, 3.63) is 71.2 Å². The second kappa shape index (κ2) is 7.75. The zero-order valence-corrected chi connectivity index (χ0v) is 14.2. The van der Waals surface area contributed by atoms with Crippen LogP contribution in [0.3, 0.4) is 0 Å². The Bertz CT molecular complexity index is 816. The summed E-state index contributed by atoms with van der Waals surface area (Å²) in [5, 5.41) is 5.90. The van der Waals surface area contributed by atoms with E-state index in [4.69, 9.17) is 4.74 Å². The number of ether oxygens (including phenoxy) is 1. The molecule has 1 N–H and O–H groups in total. The molecule has 0 unspecified atom stereocenters. The Morgan fingerprint density at radius 2 is 1.88 bits per heavy atom. The van der Waals surface area contributed by atoms with Crippen LogP contribution in [0.2, 0.25) is 0 Å². The molecule has 122 valence electrons. The molecule has 0 aliphatic heterocycles. The van der Waals surface area contributed by atoms with Gasteiger partial charge in [-0.15, -0.1) is 11.3 Å². The first-order chi connectivity index (χ1) is 11.8. The lowest BCUT2D eigenvalue weighted by atomic mass is 10.1. The highest BCUT2D eigenvalue weighted by atomic mass is 32.1. The maximum atomic E-state index is 12.3. The predicted octanol–water partition coefficient (Wildman–Crippen LogP) is 3.68. The van der Waals surface area contributed by atoms with E-state index in [9.17, 15) is 4.79 Å². The number of para-hydroxylation sites is 1. The summed E-state index contributed by atoms with van der Waals surface area (Å²) in [4.78, 5) is 16.6. The molecule has 24 heavy (non-hydrogen) atoms. The third-order valence-electron chi connectivity index (χ3n) is 3.70. The molecular weight excluding hydrogens is 320 g/mol. The molecule has 0 aliphatic rings. The molecule has 0 saturated heterocycles. The number of thiazole rings is 1. The lowest BCUT2D eigenvalue weighted by Gasteiger charge is -2.11. The molecule has 0 atom stereocenters. The molecule has 0 aliphatic carbocycles. The molecule has 0 spiro atoms. The average Bonchev–Trinajstić information content (AvgIpc) is 3.15. The van der Waals surface area contributed by atoms with Crippen LogP contribution in [-0.2, 0) is 17.8 Å². The summed E-state index contributed by atoms with van der Waals surface area (Å²) in [5.74, 6) is 0.698. The quantitative estimate of drug-likeness (QED) is 0.746. The number of hydrogen-bond donors (Lipinski definition) is 1. The molecule has 1 heterocycles. The third-order valence-corrected chi connectivity index (χ3v) is 4.51. The van der Waals surface area contributed by atoms with Gasteiger partial charge in [-0.1, -0.05) is 42.5 Å². The lowest BCUT2D eigenvalue weighted by Crippen LogP contribution is -2.25. The number of carbonyl (C=O) groups excluding carboxylic acids is 1. The van der Waals surface area contributed by atoms with Gasteiger partial charge in [0, 0.05) is 29.2 Å². The van der Waals surface area contributed by atoms with E-state index in [-0.39, 0.29) is 5.91 Å². The number of carbonyl (C=O) groups is 1. The van der Waals surface area contributed by atoms with Crippen molar-refractivity contribution in [1.82, 2.24) is 10.3 Å². The minimum atomic E-state index is -0.0339. The smallest absolute Gasteiger partial charge is 0.224 e. The number of amides is 1. The molecule has 0 saturated carbocycles. The first kappa shape index (κ1) is 16.2. The molecule has 3 aromatic rings. The van der Waals surface area contributed by atoms with Gasteiger partial charge in [0.1, 0.15) is 10.8 Å². The Labute approximate surface area is 145 Å². The van der Waals surface area contributed by atoms with Crippen molar-refractivity contribution in [2.24, 2.45) is 0 Å². The first-order valence-corrected chi connectivity index (χ1v) is 8.52. The SMILES string of the molecule is COc1ccccc1CC(=O)NCc1ccccc1-c1nccs1. The maximum Gasteiger partial charge on any atom is 0.224 e. The predicted molar refractivity (Wildman–Crippen MR) is 96.1 cm³/mol. The van der Waals surface area contributed by atoms with Crippen LogP contribution >= 0.6 is 11.3 Å². The van der Waals surface area contributed by atoms with E-state index in [1.54, 1.807) is 24.6 Å². The molecule has 2 aromatic carbocycles.